The highest BCUT2D eigenvalue weighted by atomic mass is 16.3. The highest BCUT2D eigenvalue weighted by molar-refractivity contribution is 5.15. The second-order valence-corrected chi connectivity index (χ2v) is 4.28. The minimum Gasteiger partial charge on any atom is -0.389 e. The molecule has 1 aromatic rings. The third kappa shape index (κ3) is 1.63. The van der Waals surface area contributed by atoms with Gasteiger partial charge in [-0.25, -0.2) is 0 Å². The summed E-state index contributed by atoms with van der Waals surface area (Å²) < 4.78 is 0. The van der Waals surface area contributed by atoms with Crippen molar-refractivity contribution in [1.82, 2.24) is 4.98 Å². The maximum atomic E-state index is 10.2. The molecule has 0 radical (unpaired) electrons. The van der Waals surface area contributed by atoms with Crippen molar-refractivity contribution >= 4 is 0 Å². The first-order chi connectivity index (χ1) is 6.20. The van der Waals surface area contributed by atoms with Gasteiger partial charge in [0.2, 0.25) is 0 Å². The van der Waals surface area contributed by atoms with E-state index >= 15 is 0 Å². The zero-order valence-electron chi connectivity index (χ0n) is 8.09. The Hall–Kier alpha value is -0.760. The molecule has 13 heavy (non-hydrogen) atoms. The Bertz CT molecular complexity index is 264. The minimum atomic E-state index is -0.511. The van der Waals surface area contributed by atoms with E-state index in [4.69, 9.17) is 0 Å². The Morgan fingerprint density at radius 3 is 3.00 bits per heavy atom. The molecule has 2 nitrogen and oxygen atoms in total. The summed E-state index contributed by atoms with van der Waals surface area (Å²) in [5, 5.41) is 10.2. The molecule has 72 valence electrons. The summed E-state index contributed by atoms with van der Waals surface area (Å²) in [5.74, 6) is 0.302. The van der Waals surface area contributed by atoms with E-state index in [9.17, 15) is 5.11 Å². The smallest absolute Gasteiger partial charge is 0.0702 e. The summed E-state index contributed by atoms with van der Waals surface area (Å²) in [4.78, 5) is 3.20. The number of hydrogen-bond acceptors (Lipinski definition) is 1. The second-order valence-electron chi connectivity index (χ2n) is 4.28. The minimum absolute atomic E-state index is 0.302. The lowest BCUT2D eigenvalue weighted by Gasteiger charge is -2.36. The first-order valence-corrected chi connectivity index (χ1v) is 5.06. The summed E-state index contributed by atoms with van der Waals surface area (Å²) in [6.45, 7) is 1.96. The second kappa shape index (κ2) is 3.18. The largest absolute Gasteiger partial charge is 0.389 e. The number of aromatic amines is 1. The summed E-state index contributed by atoms with van der Waals surface area (Å²) in [6.07, 6.45) is 6.36. The predicted molar refractivity (Wildman–Crippen MR) is 52.6 cm³/mol. The Labute approximate surface area is 79.0 Å². The molecule has 1 heterocycles. The van der Waals surface area contributed by atoms with Crippen LogP contribution in [0, 0.1) is 0 Å². The molecule has 2 unspecified atom stereocenters. The molecule has 0 aromatic carbocycles. The van der Waals surface area contributed by atoms with Crippen LogP contribution in [0.5, 0.6) is 0 Å². The number of nitrogens with one attached hydrogen (secondary N) is 1. The van der Waals surface area contributed by atoms with Gasteiger partial charge in [0.15, 0.2) is 0 Å². The van der Waals surface area contributed by atoms with Crippen molar-refractivity contribution in [3.05, 3.63) is 24.0 Å². The van der Waals surface area contributed by atoms with E-state index in [1.165, 1.54) is 12.1 Å². The highest BCUT2D eigenvalue weighted by Gasteiger charge is 2.35. The van der Waals surface area contributed by atoms with Gasteiger partial charge in [-0.3, -0.25) is 0 Å². The first kappa shape index (κ1) is 8.82. The van der Waals surface area contributed by atoms with Gasteiger partial charge < -0.3 is 10.1 Å². The van der Waals surface area contributed by atoms with E-state index in [0.717, 1.165) is 19.3 Å². The van der Waals surface area contributed by atoms with E-state index in [0.29, 0.717) is 5.92 Å². The van der Waals surface area contributed by atoms with Crippen LogP contribution in [0.1, 0.15) is 44.2 Å². The molecule has 0 amide bonds. The first-order valence-electron chi connectivity index (χ1n) is 5.06. The van der Waals surface area contributed by atoms with E-state index in [2.05, 4.69) is 11.1 Å². The van der Waals surface area contributed by atoms with Crippen molar-refractivity contribution < 1.29 is 5.11 Å². The average molecular weight is 179 g/mol. The van der Waals surface area contributed by atoms with Crippen molar-refractivity contribution in [2.24, 2.45) is 0 Å². The Kier molecular flexibility index (Phi) is 2.16. The maximum Gasteiger partial charge on any atom is 0.0702 e. The Morgan fingerprint density at radius 2 is 2.38 bits per heavy atom. The van der Waals surface area contributed by atoms with Crippen LogP contribution >= 0.6 is 0 Å². The van der Waals surface area contributed by atoms with Crippen LogP contribution in [0.4, 0.5) is 0 Å². The van der Waals surface area contributed by atoms with Gasteiger partial charge in [0, 0.05) is 17.8 Å². The molecular formula is C11H17NO. The van der Waals surface area contributed by atoms with Crippen LogP contribution < -0.4 is 0 Å². The van der Waals surface area contributed by atoms with Crippen molar-refractivity contribution in [1.29, 1.82) is 0 Å². The van der Waals surface area contributed by atoms with Crippen molar-refractivity contribution in [3.8, 4) is 0 Å². The topological polar surface area (TPSA) is 36.0 Å². The van der Waals surface area contributed by atoms with E-state index in [1.807, 2.05) is 19.2 Å². The summed E-state index contributed by atoms with van der Waals surface area (Å²) in [7, 11) is 0. The molecular weight excluding hydrogens is 162 g/mol. The van der Waals surface area contributed by atoms with Crippen LogP contribution in [-0.4, -0.2) is 15.7 Å². The molecule has 0 spiro atoms. The van der Waals surface area contributed by atoms with Gasteiger partial charge >= 0.3 is 0 Å². The fraction of sp³-hybridized carbons (Fsp3) is 0.636. The fourth-order valence-corrected chi connectivity index (χ4v) is 2.37. The van der Waals surface area contributed by atoms with Crippen molar-refractivity contribution in [3.63, 3.8) is 0 Å². The lowest BCUT2D eigenvalue weighted by atomic mass is 9.75. The zero-order valence-corrected chi connectivity index (χ0v) is 8.09. The summed E-state index contributed by atoms with van der Waals surface area (Å²) in [6, 6.07) is 4.07. The SMILES string of the molecule is CC1(O)CCCCC1c1ccc[nH]1. The standard InChI is InChI=1S/C11H17NO/c1-11(13)7-3-2-5-9(11)10-6-4-8-12-10/h4,6,8-9,12-13H,2-3,5,7H2,1H3. The molecule has 2 rings (SSSR count). The number of aromatic nitrogens is 1. The van der Waals surface area contributed by atoms with Gasteiger partial charge in [0.25, 0.3) is 0 Å². The molecule has 2 heteroatoms. The van der Waals surface area contributed by atoms with Crippen LogP contribution in [0.3, 0.4) is 0 Å². The Morgan fingerprint density at radius 1 is 1.54 bits per heavy atom. The summed E-state index contributed by atoms with van der Waals surface area (Å²) >= 11 is 0. The molecule has 0 bridgehead atoms. The lowest BCUT2D eigenvalue weighted by Crippen LogP contribution is -2.35. The highest BCUT2D eigenvalue weighted by Crippen LogP contribution is 2.39. The van der Waals surface area contributed by atoms with Crippen molar-refractivity contribution in [2.75, 3.05) is 0 Å². The zero-order chi connectivity index (χ0) is 9.31. The maximum absolute atomic E-state index is 10.2. The van der Waals surface area contributed by atoms with E-state index in [-0.39, 0.29) is 0 Å². The average Bonchev–Trinajstić information content (AvgIpc) is 2.55. The van der Waals surface area contributed by atoms with Gasteiger partial charge in [0.1, 0.15) is 0 Å². The molecule has 1 aliphatic carbocycles. The molecule has 0 saturated heterocycles. The van der Waals surface area contributed by atoms with Gasteiger partial charge in [0.05, 0.1) is 5.60 Å². The molecule has 1 saturated carbocycles. The van der Waals surface area contributed by atoms with Crippen LogP contribution in [0.25, 0.3) is 0 Å². The third-order valence-corrected chi connectivity index (χ3v) is 3.17. The van der Waals surface area contributed by atoms with Crippen molar-refractivity contribution in [2.45, 2.75) is 44.1 Å². The molecule has 2 N–H and O–H groups in total. The molecule has 2 atom stereocenters. The molecule has 1 aromatic heterocycles. The van der Waals surface area contributed by atoms with Gasteiger partial charge in [-0.1, -0.05) is 12.8 Å². The third-order valence-electron chi connectivity index (χ3n) is 3.17. The van der Waals surface area contributed by atoms with Gasteiger partial charge in [-0.15, -0.1) is 0 Å². The fourth-order valence-electron chi connectivity index (χ4n) is 2.37. The number of hydrogen-bond donors (Lipinski definition) is 2. The Balaban J connectivity index is 2.21. The van der Waals surface area contributed by atoms with Gasteiger partial charge in [-0.05, 0) is 31.9 Å². The van der Waals surface area contributed by atoms with Crippen LogP contribution in [0.15, 0.2) is 18.3 Å². The number of rotatable bonds is 1. The number of H-pyrrole nitrogens is 1. The molecule has 1 fully saturated rings. The monoisotopic (exact) mass is 179 g/mol. The normalized spacial score (nSPS) is 34.8. The summed E-state index contributed by atoms with van der Waals surface area (Å²) in [5.41, 5.74) is 0.674. The molecule has 1 aliphatic rings. The van der Waals surface area contributed by atoms with Gasteiger partial charge in [-0.2, -0.15) is 0 Å². The number of aliphatic hydroxyl groups is 1. The van der Waals surface area contributed by atoms with Crippen LogP contribution in [0.2, 0.25) is 0 Å². The quantitative estimate of drug-likeness (QED) is 0.682. The lowest BCUT2D eigenvalue weighted by molar-refractivity contribution is -0.000504. The van der Waals surface area contributed by atoms with E-state index < -0.39 is 5.60 Å². The predicted octanol–water partition coefficient (Wildman–Crippen LogP) is 2.42. The van der Waals surface area contributed by atoms with Crippen LogP contribution in [-0.2, 0) is 0 Å². The van der Waals surface area contributed by atoms with E-state index in [1.54, 1.807) is 0 Å². The molecule has 0 aliphatic heterocycles.